The first kappa shape index (κ1) is 20.6. The van der Waals surface area contributed by atoms with Crippen LogP contribution in [0, 0.1) is 0 Å². The number of halogens is 4. The Hall–Kier alpha value is -2.71. The number of benzene rings is 2. The number of hydrogen-bond donors (Lipinski definition) is 1. The minimum atomic E-state index is -4.58. The van der Waals surface area contributed by atoms with E-state index >= 15 is 0 Å². The van der Waals surface area contributed by atoms with Crippen LogP contribution in [0.1, 0.15) is 24.2 Å². The fourth-order valence-corrected chi connectivity index (χ4v) is 3.95. The second-order valence-electron chi connectivity index (χ2n) is 6.99. The van der Waals surface area contributed by atoms with E-state index in [0.717, 1.165) is 4.90 Å². The predicted molar refractivity (Wildman–Crippen MR) is 107 cm³/mol. The zero-order valence-electron chi connectivity index (χ0n) is 16.1. The van der Waals surface area contributed by atoms with E-state index < -0.39 is 18.0 Å². The Bertz CT molecular complexity index is 1070. The Labute approximate surface area is 176 Å². The molecule has 2 aliphatic rings. The summed E-state index contributed by atoms with van der Waals surface area (Å²) in [5.41, 5.74) is 0.305. The number of amidine groups is 1. The van der Waals surface area contributed by atoms with Crippen molar-refractivity contribution in [1.82, 2.24) is 0 Å². The molecule has 0 radical (unpaired) electrons. The van der Waals surface area contributed by atoms with Gasteiger partial charge in [-0.1, -0.05) is 23.7 Å². The van der Waals surface area contributed by atoms with Gasteiger partial charge in [-0.2, -0.15) is 13.2 Å². The lowest BCUT2D eigenvalue weighted by atomic mass is 9.97. The van der Waals surface area contributed by atoms with E-state index in [0.29, 0.717) is 16.1 Å². The summed E-state index contributed by atoms with van der Waals surface area (Å²) in [5.74, 6) is 0.215. The van der Waals surface area contributed by atoms with Crippen LogP contribution in [-0.2, 0) is 4.74 Å². The summed E-state index contributed by atoms with van der Waals surface area (Å²) < 4.78 is 53.1. The number of fused-ring (bicyclic) bond motifs is 3. The summed E-state index contributed by atoms with van der Waals surface area (Å²) in [6.45, 7) is 1.17. The van der Waals surface area contributed by atoms with Gasteiger partial charge in [-0.25, -0.2) is 0 Å². The molecule has 30 heavy (non-hydrogen) atoms. The summed E-state index contributed by atoms with van der Waals surface area (Å²) in [7, 11) is 1.41. The molecule has 0 aromatic heterocycles. The number of allylic oxidation sites excluding steroid dienone is 1. The van der Waals surface area contributed by atoms with Crippen molar-refractivity contribution in [2.45, 2.75) is 19.2 Å². The number of ether oxygens (including phenoxy) is 2. The van der Waals surface area contributed by atoms with Crippen LogP contribution < -0.4 is 9.64 Å². The third-order valence-corrected chi connectivity index (χ3v) is 5.31. The van der Waals surface area contributed by atoms with Gasteiger partial charge >= 0.3 is 6.18 Å². The van der Waals surface area contributed by atoms with E-state index in [1.54, 1.807) is 24.3 Å². The first-order valence-corrected chi connectivity index (χ1v) is 9.47. The molecule has 9 heteroatoms. The molecule has 0 saturated carbocycles. The minimum absolute atomic E-state index is 0.0674. The number of nitrogens with zero attached hydrogens (tertiary/aromatic N) is 2. The van der Waals surface area contributed by atoms with Gasteiger partial charge in [0.15, 0.2) is 11.5 Å². The van der Waals surface area contributed by atoms with E-state index in [1.165, 1.54) is 26.2 Å². The average Bonchev–Trinajstić information content (AvgIpc) is 2.84. The van der Waals surface area contributed by atoms with Crippen LogP contribution in [0.15, 0.2) is 52.7 Å². The molecule has 5 nitrogen and oxygen atoms in total. The van der Waals surface area contributed by atoms with Gasteiger partial charge in [0, 0.05) is 16.1 Å². The lowest BCUT2D eigenvalue weighted by molar-refractivity contribution is -0.0932. The minimum Gasteiger partial charge on any atom is -0.504 e. The Morgan fingerprint density at radius 1 is 1.23 bits per heavy atom. The van der Waals surface area contributed by atoms with Gasteiger partial charge in [0.25, 0.3) is 0 Å². The number of phenols is 1. The SMILES string of the molecule is COc1cccc([C@H]2OCC3=NCC(C)=C(C(F)(F)F)N3c3ccc(Cl)cc32)c1O. The molecule has 0 spiro atoms. The van der Waals surface area contributed by atoms with Crippen molar-refractivity contribution in [3.63, 3.8) is 0 Å². The molecule has 1 atom stereocenters. The van der Waals surface area contributed by atoms with Crippen molar-refractivity contribution < 1.29 is 27.8 Å². The highest BCUT2D eigenvalue weighted by molar-refractivity contribution is 6.30. The number of methoxy groups -OCH3 is 1. The van der Waals surface area contributed by atoms with Crippen LogP contribution in [0.5, 0.6) is 11.5 Å². The normalized spacial score (nSPS) is 19.1. The monoisotopic (exact) mass is 438 g/mol. The van der Waals surface area contributed by atoms with Crippen molar-refractivity contribution in [2.75, 3.05) is 25.2 Å². The van der Waals surface area contributed by atoms with Gasteiger partial charge in [0.2, 0.25) is 0 Å². The average molecular weight is 439 g/mol. The van der Waals surface area contributed by atoms with Crippen LogP contribution in [0.25, 0.3) is 0 Å². The Morgan fingerprint density at radius 2 is 2.00 bits per heavy atom. The zero-order chi connectivity index (χ0) is 21.6. The first-order chi connectivity index (χ1) is 14.2. The van der Waals surface area contributed by atoms with Crippen molar-refractivity contribution in [2.24, 2.45) is 4.99 Å². The molecule has 2 aromatic carbocycles. The molecule has 0 unspecified atom stereocenters. The second-order valence-corrected chi connectivity index (χ2v) is 7.42. The third-order valence-electron chi connectivity index (χ3n) is 5.08. The van der Waals surface area contributed by atoms with Crippen LogP contribution >= 0.6 is 11.6 Å². The second kappa shape index (κ2) is 7.52. The molecule has 0 amide bonds. The molecule has 0 fully saturated rings. The van der Waals surface area contributed by atoms with Gasteiger partial charge in [-0.3, -0.25) is 9.89 Å². The van der Waals surface area contributed by atoms with Crippen molar-refractivity contribution in [3.8, 4) is 11.5 Å². The number of aromatic hydroxyl groups is 1. The highest BCUT2D eigenvalue weighted by Gasteiger charge is 2.45. The maximum atomic E-state index is 14.0. The largest absolute Gasteiger partial charge is 0.504 e. The fourth-order valence-electron chi connectivity index (χ4n) is 3.77. The van der Waals surface area contributed by atoms with Gasteiger partial charge < -0.3 is 14.6 Å². The molecule has 0 aliphatic carbocycles. The summed E-state index contributed by atoms with van der Waals surface area (Å²) in [4.78, 5) is 5.39. The van der Waals surface area contributed by atoms with Crippen molar-refractivity contribution in [1.29, 1.82) is 0 Å². The number of alkyl halides is 3. The highest BCUT2D eigenvalue weighted by atomic mass is 35.5. The maximum Gasteiger partial charge on any atom is 0.431 e. The Kier molecular flexibility index (Phi) is 5.15. The number of rotatable bonds is 2. The third kappa shape index (κ3) is 3.40. The molecule has 2 aromatic rings. The molecular weight excluding hydrogens is 421 g/mol. The molecule has 1 N–H and O–H groups in total. The zero-order valence-corrected chi connectivity index (χ0v) is 16.9. The van der Waals surface area contributed by atoms with E-state index in [2.05, 4.69) is 4.99 Å². The highest BCUT2D eigenvalue weighted by Crippen LogP contribution is 2.46. The first-order valence-electron chi connectivity index (χ1n) is 9.09. The van der Waals surface area contributed by atoms with Gasteiger partial charge in [-0.05, 0) is 36.8 Å². The molecular formula is C21H18ClF3N2O3. The van der Waals surface area contributed by atoms with E-state index in [-0.39, 0.29) is 41.7 Å². The van der Waals surface area contributed by atoms with Crippen LogP contribution in [0.3, 0.4) is 0 Å². The number of anilines is 1. The van der Waals surface area contributed by atoms with Crippen LogP contribution in [0.2, 0.25) is 5.02 Å². The van der Waals surface area contributed by atoms with Crippen molar-refractivity contribution in [3.05, 3.63) is 63.8 Å². The molecule has 0 saturated heterocycles. The summed E-state index contributed by atoms with van der Waals surface area (Å²) >= 11 is 6.19. The lowest BCUT2D eigenvalue weighted by Gasteiger charge is -2.33. The fraction of sp³-hybridized carbons (Fsp3) is 0.286. The predicted octanol–water partition coefficient (Wildman–Crippen LogP) is 5.23. The van der Waals surface area contributed by atoms with Crippen LogP contribution in [0.4, 0.5) is 18.9 Å². The summed E-state index contributed by atoms with van der Waals surface area (Å²) in [6, 6.07) is 9.45. The van der Waals surface area contributed by atoms with E-state index in [9.17, 15) is 18.3 Å². The quantitative estimate of drug-likeness (QED) is 0.697. The topological polar surface area (TPSA) is 54.3 Å². The lowest BCUT2D eigenvalue weighted by Crippen LogP contribution is -2.42. The smallest absolute Gasteiger partial charge is 0.431 e. The number of phenolic OH excluding ortho intramolecular Hbond substituents is 1. The Balaban J connectivity index is 1.95. The van der Waals surface area contributed by atoms with Gasteiger partial charge in [-0.15, -0.1) is 0 Å². The maximum absolute atomic E-state index is 14.0. The standard InChI is InChI=1S/C21H18ClF3N2O3/c1-11-9-26-17-10-30-19(13-4-3-5-16(29-2)18(13)28)14-8-12(22)6-7-15(14)27(17)20(11)21(23,24)25/h3-8,19,28H,9-10H2,1-2H3/t19-/m1/s1. The summed E-state index contributed by atoms with van der Waals surface area (Å²) in [6.07, 6.45) is -5.46. The molecule has 4 rings (SSSR count). The number of aliphatic imine (C=N–C) groups is 1. The molecule has 158 valence electrons. The van der Waals surface area contributed by atoms with Gasteiger partial charge in [0.1, 0.15) is 24.2 Å². The van der Waals surface area contributed by atoms with E-state index in [1.807, 2.05) is 0 Å². The molecule has 0 bridgehead atoms. The Morgan fingerprint density at radius 3 is 2.70 bits per heavy atom. The van der Waals surface area contributed by atoms with Crippen LogP contribution in [-0.4, -0.2) is 37.4 Å². The summed E-state index contributed by atoms with van der Waals surface area (Å²) in [5, 5.41) is 11.0. The van der Waals surface area contributed by atoms with E-state index in [4.69, 9.17) is 21.1 Å². The number of hydrogen-bond acceptors (Lipinski definition) is 5. The number of para-hydroxylation sites is 1. The molecule has 2 aliphatic heterocycles. The van der Waals surface area contributed by atoms with Crippen molar-refractivity contribution >= 4 is 23.1 Å². The molecule has 2 heterocycles. The van der Waals surface area contributed by atoms with Gasteiger partial charge in [0.05, 0.1) is 19.3 Å².